The zero-order chi connectivity index (χ0) is 14.7. The van der Waals surface area contributed by atoms with E-state index in [0.717, 1.165) is 0 Å². The number of methoxy groups -OCH3 is 2. The molecule has 1 aromatic carbocycles. The first-order valence-corrected chi connectivity index (χ1v) is 6.34. The maximum atomic E-state index is 12.5. The van der Waals surface area contributed by atoms with Crippen molar-refractivity contribution in [2.24, 2.45) is 0 Å². The molecule has 0 radical (unpaired) electrons. The maximum Gasteiger partial charge on any atom is 0.326 e. The van der Waals surface area contributed by atoms with Gasteiger partial charge in [-0.25, -0.2) is 4.79 Å². The molecule has 1 N–H and O–H groups in total. The lowest BCUT2D eigenvalue weighted by Crippen LogP contribution is -2.40. The summed E-state index contributed by atoms with van der Waals surface area (Å²) < 4.78 is 10.3. The lowest BCUT2D eigenvalue weighted by atomic mass is 10.1. The number of carbonyl (C=O) groups excluding carboxylic acids is 1. The van der Waals surface area contributed by atoms with E-state index in [-0.39, 0.29) is 5.91 Å². The average Bonchev–Trinajstić information content (AvgIpc) is 2.95. The number of amides is 1. The third-order valence-electron chi connectivity index (χ3n) is 3.44. The molecule has 108 valence electrons. The highest BCUT2D eigenvalue weighted by Crippen LogP contribution is 2.28. The minimum Gasteiger partial charge on any atom is -0.497 e. The second kappa shape index (κ2) is 5.81. The van der Waals surface area contributed by atoms with E-state index in [0.29, 0.717) is 36.4 Å². The van der Waals surface area contributed by atoms with E-state index >= 15 is 0 Å². The standard InChI is InChI=1S/C14H17NO5/c1-19-9-5-6-12(20-2)10(8-9)13(16)15-7-3-4-11(15)14(17)18/h5-6,8,11H,3-4,7H2,1-2H3,(H,17,18)/t11-/m0/s1. The molecule has 1 aliphatic heterocycles. The second-order valence-electron chi connectivity index (χ2n) is 4.56. The van der Waals surface area contributed by atoms with Gasteiger partial charge in [-0.15, -0.1) is 0 Å². The molecule has 0 spiro atoms. The van der Waals surface area contributed by atoms with Crippen LogP contribution in [0.1, 0.15) is 23.2 Å². The van der Waals surface area contributed by atoms with Gasteiger partial charge in [-0.2, -0.15) is 0 Å². The number of carboxylic acid groups (broad SMARTS) is 1. The molecule has 1 atom stereocenters. The van der Waals surface area contributed by atoms with E-state index in [4.69, 9.17) is 14.6 Å². The molecule has 0 saturated carbocycles. The van der Waals surface area contributed by atoms with Crippen LogP contribution in [0, 0.1) is 0 Å². The highest BCUT2D eigenvalue weighted by Gasteiger charge is 2.35. The van der Waals surface area contributed by atoms with Crippen LogP contribution in [0.5, 0.6) is 11.5 Å². The van der Waals surface area contributed by atoms with Gasteiger partial charge in [0.1, 0.15) is 17.5 Å². The number of aliphatic carboxylic acids is 1. The molecular weight excluding hydrogens is 262 g/mol. The summed E-state index contributed by atoms with van der Waals surface area (Å²) in [5.74, 6) is -0.379. The van der Waals surface area contributed by atoms with Gasteiger partial charge in [-0.1, -0.05) is 0 Å². The number of carbonyl (C=O) groups is 2. The van der Waals surface area contributed by atoms with Crippen molar-refractivity contribution in [3.63, 3.8) is 0 Å². The molecule has 0 aromatic heterocycles. The first kappa shape index (κ1) is 14.2. The van der Waals surface area contributed by atoms with E-state index in [2.05, 4.69) is 0 Å². The van der Waals surface area contributed by atoms with Gasteiger partial charge in [0.05, 0.1) is 19.8 Å². The summed E-state index contributed by atoms with van der Waals surface area (Å²) in [5, 5.41) is 9.16. The third-order valence-corrected chi connectivity index (χ3v) is 3.44. The van der Waals surface area contributed by atoms with Crippen molar-refractivity contribution >= 4 is 11.9 Å². The van der Waals surface area contributed by atoms with Crippen LogP contribution in [-0.2, 0) is 4.79 Å². The number of hydrogen-bond donors (Lipinski definition) is 1. The highest BCUT2D eigenvalue weighted by atomic mass is 16.5. The molecule has 1 amide bonds. The Hall–Kier alpha value is -2.24. The van der Waals surface area contributed by atoms with Crippen molar-refractivity contribution in [1.82, 2.24) is 4.90 Å². The normalized spacial score (nSPS) is 17.9. The molecule has 20 heavy (non-hydrogen) atoms. The van der Waals surface area contributed by atoms with E-state index < -0.39 is 12.0 Å². The molecule has 1 fully saturated rings. The Labute approximate surface area is 116 Å². The second-order valence-corrected chi connectivity index (χ2v) is 4.56. The quantitative estimate of drug-likeness (QED) is 0.901. The zero-order valence-electron chi connectivity index (χ0n) is 11.5. The van der Waals surface area contributed by atoms with E-state index in [1.54, 1.807) is 18.2 Å². The molecule has 1 aromatic rings. The van der Waals surface area contributed by atoms with Crippen molar-refractivity contribution in [1.29, 1.82) is 0 Å². The fraction of sp³-hybridized carbons (Fsp3) is 0.429. The zero-order valence-corrected chi connectivity index (χ0v) is 11.5. The Kier molecular flexibility index (Phi) is 4.12. The number of carboxylic acids is 1. The molecule has 6 nitrogen and oxygen atoms in total. The van der Waals surface area contributed by atoms with Crippen LogP contribution < -0.4 is 9.47 Å². The smallest absolute Gasteiger partial charge is 0.326 e. The summed E-state index contributed by atoms with van der Waals surface area (Å²) in [7, 11) is 2.98. The minimum atomic E-state index is -0.974. The first-order chi connectivity index (χ1) is 9.58. The monoisotopic (exact) mass is 279 g/mol. The van der Waals surface area contributed by atoms with E-state index in [9.17, 15) is 9.59 Å². The fourth-order valence-corrected chi connectivity index (χ4v) is 2.40. The number of ether oxygens (including phenoxy) is 2. The van der Waals surface area contributed by atoms with Gasteiger partial charge in [0.15, 0.2) is 0 Å². The Morgan fingerprint density at radius 1 is 1.30 bits per heavy atom. The SMILES string of the molecule is COc1ccc(OC)c(C(=O)N2CCC[C@H]2C(=O)O)c1. The maximum absolute atomic E-state index is 12.5. The summed E-state index contributed by atoms with van der Waals surface area (Å²) in [6.07, 6.45) is 1.17. The van der Waals surface area contributed by atoms with Crippen molar-refractivity contribution in [2.45, 2.75) is 18.9 Å². The number of rotatable bonds is 4. The summed E-state index contributed by atoms with van der Waals surface area (Å²) >= 11 is 0. The summed E-state index contributed by atoms with van der Waals surface area (Å²) in [5.41, 5.74) is 0.319. The van der Waals surface area contributed by atoms with Gasteiger partial charge in [-0.3, -0.25) is 4.79 Å². The predicted molar refractivity (Wildman–Crippen MR) is 71.2 cm³/mol. The molecule has 1 aliphatic rings. The average molecular weight is 279 g/mol. The lowest BCUT2D eigenvalue weighted by molar-refractivity contribution is -0.141. The molecule has 1 saturated heterocycles. The topological polar surface area (TPSA) is 76.1 Å². The van der Waals surface area contributed by atoms with Crippen LogP contribution in [0.2, 0.25) is 0 Å². The Morgan fingerprint density at radius 3 is 2.65 bits per heavy atom. The molecule has 2 rings (SSSR count). The van der Waals surface area contributed by atoms with Crippen LogP contribution in [0.4, 0.5) is 0 Å². The molecule has 6 heteroatoms. The van der Waals surface area contributed by atoms with Crippen molar-refractivity contribution in [3.8, 4) is 11.5 Å². The number of likely N-dealkylation sites (tertiary alicyclic amines) is 1. The van der Waals surface area contributed by atoms with Crippen molar-refractivity contribution in [3.05, 3.63) is 23.8 Å². The molecular formula is C14H17NO5. The van der Waals surface area contributed by atoms with Crippen LogP contribution >= 0.6 is 0 Å². The summed E-state index contributed by atoms with van der Waals surface area (Å²) in [6, 6.07) is 4.13. The van der Waals surface area contributed by atoms with Gasteiger partial charge in [0.25, 0.3) is 5.91 Å². The fourth-order valence-electron chi connectivity index (χ4n) is 2.40. The van der Waals surface area contributed by atoms with Crippen LogP contribution in [-0.4, -0.2) is 48.7 Å². The third kappa shape index (κ3) is 2.54. The number of hydrogen-bond acceptors (Lipinski definition) is 4. The molecule has 0 aliphatic carbocycles. The number of benzene rings is 1. The van der Waals surface area contributed by atoms with E-state index in [1.807, 2.05) is 0 Å². The molecule has 1 heterocycles. The van der Waals surface area contributed by atoms with Crippen LogP contribution in [0.3, 0.4) is 0 Å². The van der Waals surface area contributed by atoms with E-state index in [1.165, 1.54) is 19.1 Å². The highest BCUT2D eigenvalue weighted by molar-refractivity contribution is 5.99. The van der Waals surface area contributed by atoms with Crippen LogP contribution in [0.25, 0.3) is 0 Å². The van der Waals surface area contributed by atoms with Crippen LogP contribution in [0.15, 0.2) is 18.2 Å². The summed E-state index contributed by atoms with van der Waals surface area (Å²) in [4.78, 5) is 25.1. The van der Waals surface area contributed by atoms with Crippen molar-refractivity contribution in [2.75, 3.05) is 20.8 Å². The lowest BCUT2D eigenvalue weighted by Gasteiger charge is -2.22. The Balaban J connectivity index is 2.34. The summed E-state index contributed by atoms with van der Waals surface area (Å²) in [6.45, 7) is 0.441. The minimum absolute atomic E-state index is 0.319. The Bertz CT molecular complexity index is 528. The Morgan fingerprint density at radius 2 is 2.05 bits per heavy atom. The predicted octanol–water partition coefficient (Wildman–Crippen LogP) is 1.39. The van der Waals surface area contributed by atoms with Crippen molar-refractivity contribution < 1.29 is 24.2 Å². The largest absolute Gasteiger partial charge is 0.497 e. The van der Waals surface area contributed by atoms with Gasteiger partial charge in [-0.05, 0) is 31.0 Å². The molecule has 0 unspecified atom stereocenters. The first-order valence-electron chi connectivity index (χ1n) is 6.34. The number of nitrogens with zero attached hydrogens (tertiary/aromatic N) is 1. The van der Waals surface area contributed by atoms with Gasteiger partial charge in [0, 0.05) is 6.54 Å². The van der Waals surface area contributed by atoms with Gasteiger partial charge in [0.2, 0.25) is 0 Å². The molecule has 0 bridgehead atoms. The van der Waals surface area contributed by atoms with Gasteiger partial charge < -0.3 is 19.5 Å². The van der Waals surface area contributed by atoms with Gasteiger partial charge >= 0.3 is 5.97 Å².